The van der Waals surface area contributed by atoms with Gasteiger partial charge in [0.05, 0.1) is 19.4 Å². The lowest BCUT2D eigenvalue weighted by Gasteiger charge is -2.13. The quantitative estimate of drug-likeness (QED) is 0.409. The van der Waals surface area contributed by atoms with Gasteiger partial charge >= 0.3 is 11.9 Å². The Morgan fingerprint density at radius 2 is 2.04 bits per heavy atom. The van der Waals surface area contributed by atoms with E-state index < -0.39 is 18.0 Å². The number of ether oxygens (including phenoxy) is 2. The zero-order chi connectivity index (χ0) is 18.9. The summed E-state index contributed by atoms with van der Waals surface area (Å²) < 4.78 is 10.2. The first-order valence-electron chi connectivity index (χ1n) is 8.15. The topological polar surface area (TPSA) is 69.7 Å². The molecule has 0 N–H and O–H groups in total. The first-order valence-corrected chi connectivity index (χ1v) is 8.52. The summed E-state index contributed by atoms with van der Waals surface area (Å²) in [5.41, 5.74) is 1.10. The second kappa shape index (κ2) is 7.16. The predicted octanol–water partition coefficient (Wildman–Crippen LogP) is 3.33. The first-order chi connectivity index (χ1) is 11.6. The molecule has 0 heterocycles. The van der Waals surface area contributed by atoms with Crippen molar-refractivity contribution in [3.63, 3.8) is 0 Å². The van der Waals surface area contributed by atoms with Crippen LogP contribution in [-0.4, -0.2) is 30.9 Å². The third kappa shape index (κ3) is 3.71. The van der Waals surface area contributed by atoms with Crippen LogP contribution in [0.25, 0.3) is 0 Å². The number of halogens is 1. The Bertz CT molecular complexity index is 686. The molecule has 0 aromatic rings. The van der Waals surface area contributed by atoms with Crippen molar-refractivity contribution in [1.82, 2.24) is 0 Å². The fourth-order valence-corrected chi connectivity index (χ4v) is 3.60. The Morgan fingerprint density at radius 3 is 2.60 bits per heavy atom. The maximum absolute atomic E-state index is 12.6. The highest BCUT2D eigenvalue weighted by Gasteiger charge is 2.62. The summed E-state index contributed by atoms with van der Waals surface area (Å²) >= 11 is 5.90. The van der Waals surface area contributed by atoms with Gasteiger partial charge in [0.25, 0.3) is 0 Å². The van der Waals surface area contributed by atoms with Crippen molar-refractivity contribution in [2.24, 2.45) is 17.3 Å². The molecule has 0 aromatic heterocycles. The van der Waals surface area contributed by atoms with Crippen LogP contribution < -0.4 is 0 Å². The van der Waals surface area contributed by atoms with Gasteiger partial charge in [0.15, 0.2) is 5.78 Å². The van der Waals surface area contributed by atoms with E-state index in [2.05, 4.69) is 11.3 Å². The largest absolute Gasteiger partial charge is 0.465 e. The second-order valence-corrected chi connectivity index (χ2v) is 7.45. The van der Waals surface area contributed by atoms with Crippen LogP contribution in [0.2, 0.25) is 0 Å². The van der Waals surface area contributed by atoms with Crippen molar-refractivity contribution in [2.45, 2.75) is 39.7 Å². The molecule has 0 aromatic carbocycles. The number of hydrogen-bond donors (Lipinski definition) is 0. The van der Waals surface area contributed by atoms with Crippen molar-refractivity contribution in [2.75, 3.05) is 7.11 Å². The number of hydrogen-bond acceptors (Lipinski definition) is 5. The lowest BCUT2D eigenvalue weighted by atomic mass is 10.1. The van der Waals surface area contributed by atoms with Crippen LogP contribution in [0, 0.1) is 17.3 Å². The van der Waals surface area contributed by atoms with Crippen LogP contribution in [0.1, 0.15) is 33.6 Å². The van der Waals surface area contributed by atoms with Crippen LogP contribution in [0.5, 0.6) is 0 Å². The van der Waals surface area contributed by atoms with Crippen LogP contribution in [-0.2, 0) is 23.9 Å². The van der Waals surface area contributed by atoms with Gasteiger partial charge in [-0.05, 0) is 30.3 Å². The van der Waals surface area contributed by atoms with Gasteiger partial charge in [0.1, 0.15) is 11.1 Å². The molecule has 0 bridgehead atoms. The molecular weight excluding hydrogens is 344 g/mol. The monoisotopic (exact) mass is 366 g/mol. The Hall–Kier alpha value is -1.88. The smallest absolute Gasteiger partial charge is 0.349 e. The van der Waals surface area contributed by atoms with E-state index in [1.165, 1.54) is 7.11 Å². The van der Waals surface area contributed by atoms with E-state index in [-0.39, 0.29) is 34.5 Å². The molecule has 6 heteroatoms. The molecule has 0 saturated heterocycles. The summed E-state index contributed by atoms with van der Waals surface area (Å²) in [5.74, 6) is -1.63. The molecule has 25 heavy (non-hydrogen) atoms. The molecule has 2 aliphatic carbocycles. The number of carbonyl (C=O) groups is 3. The summed E-state index contributed by atoms with van der Waals surface area (Å²) in [4.78, 5) is 36.0. The zero-order valence-corrected chi connectivity index (χ0v) is 15.7. The lowest BCUT2D eigenvalue weighted by molar-refractivity contribution is -0.150. The fraction of sp³-hybridized carbons (Fsp3) is 0.526. The van der Waals surface area contributed by atoms with Crippen LogP contribution in [0.3, 0.4) is 0 Å². The maximum Gasteiger partial charge on any atom is 0.349 e. The molecular formula is C19H23ClO5. The number of allylic oxidation sites excluding steroid dienone is 3. The Kier molecular flexibility index (Phi) is 5.57. The molecule has 1 unspecified atom stereocenters. The van der Waals surface area contributed by atoms with Gasteiger partial charge in [-0.1, -0.05) is 37.6 Å². The van der Waals surface area contributed by atoms with Gasteiger partial charge in [-0.25, -0.2) is 4.79 Å². The average molecular weight is 367 g/mol. The van der Waals surface area contributed by atoms with Crippen LogP contribution in [0.4, 0.5) is 0 Å². The van der Waals surface area contributed by atoms with Gasteiger partial charge in [-0.3, -0.25) is 9.59 Å². The second-order valence-electron chi connectivity index (χ2n) is 7.04. The van der Waals surface area contributed by atoms with E-state index in [9.17, 15) is 14.4 Å². The van der Waals surface area contributed by atoms with Crippen molar-refractivity contribution >= 4 is 29.3 Å². The Morgan fingerprint density at radius 1 is 1.40 bits per heavy atom. The van der Waals surface area contributed by atoms with Crippen molar-refractivity contribution < 1.29 is 23.9 Å². The molecule has 136 valence electrons. The highest BCUT2D eigenvalue weighted by atomic mass is 35.5. The highest BCUT2D eigenvalue weighted by Crippen LogP contribution is 2.60. The maximum atomic E-state index is 12.6. The number of methoxy groups -OCH3 is 1. The van der Waals surface area contributed by atoms with E-state index in [0.29, 0.717) is 12.0 Å². The molecule has 5 nitrogen and oxygen atoms in total. The molecule has 2 aliphatic rings. The Balaban J connectivity index is 2.08. The van der Waals surface area contributed by atoms with Crippen molar-refractivity contribution in [3.05, 3.63) is 34.9 Å². The molecule has 0 radical (unpaired) electrons. The average Bonchev–Trinajstić information content (AvgIpc) is 2.99. The van der Waals surface area contributed by atoms with E-state index >= 15 is 0 Å². The molecule has 0 spiro atoms. The molecule has 2 rings (SSSR count). The van der Waals surface area contributed by atoms with E-state index in [4.69, 9.17) is 16.3 Å². The summed E-state index contributed by atoms with van der Waals surface area (Å²) in [5, 5.41) is -0.0451. The minimum atomic E-state index is -0.634. The minimum Gasteiger partial charge on any atom is -0.465 e. The molecule has 0 amide bonds. The molecule has 0 aliphatic heterocycles. The van der Waals surface area contributed by atoms with Gasteiger partial charge < -0.3 is 9.47 Å². The molecule has 3 atom stereocenters. The summed E-state index contributed by atoms with van der Waals surface area (Å²) in [6.45, 7) is 9.27. The number of carbonyl (C=O) groups excluding carboxylic acids is 3. The number of ketones is 1. The van der Waals surface area contributed by atoms with Gasteiger partial charge in [0, 0.05) is 5.57 Å². The Labute approximate surface area is 152 Å². The summed E-state index contributed by atoms with van der Waals surface area (Å²) in [6, 6.07) is 0. The highest BCUT2D eigenvalue weighted by molar-refractivity contribution is 6.41. The SMILES string of the molecule is C=CCC1=C(C)C(OC(=O)[C@@H]2[C@H](/C=C(\Cl)C(=O)OC)C2(C)C)CC1=O. The van der Waals surface area contributed by atoms with Gasteiger partial charge in [-0.15, -0.1) is 6.58 Å². The van der Waals surface area contributed by atoms with E-state index in [1.807, 2.05) is 20.8 Å². The van der Waals surface area contributed by atoms with Gasteiger partial charge in [-0.2, -0.15) is 0 Å². The van der Waals surface area contributed by atoms with Crippen molar-refractivity contribution in [3.8, 4) is 0 Å². The van der Waals surface area contributed by atoms with E-state index in [1.54, 1.807) is 12.2 Å². The van der Waals surface area contributed by atoms with Gasteiger partial charge in [0.2, 0.25) is 0 Å². The number of esters is 2. The van der Waals surface area contributed by atoms with Crippen molar-refractivity contribution in [1.29, 1.82) is 0 Å². The predicted molar refractivity (Wildman–Crippen MR) is 93.7 cm³/mol. The third-order valence-electron chi connectivity index (χ3n) is 5.14. The van der Waals surface area contributed by atoms with E-state index in [0.717, 1.165) is 5.57 Å². The van der Waals surface area contributed by atoms with Crippen LogP contribution in [0.15, 0.2) is 34.9 Å². The number of rotatable bonds is 6. The fourth-order valence-electron chi connectivity index (χ4n) is 3.38. The first kappa shape index (κ1) is 19.4. The zero-order valence-electron chi connectivity index (χ0n) is 14.9. The summed E-state index contributed by atoms with van der Waals surface area (Å²) in [6.07, 6.45) is 3.35. The van der Waals surface area contributed by atoms with Crippen LogP contribution >= 0.6 is 11.6 Å². The normalized spacial score (nSPS) is 28.0. The third-order valence-corrected chi connectivity index (χ3v) is 5.42. The lowest BCUT2D eigenvalue weighted by Crippen LogP contribution is -2.20. The number of Topliss-reactive ketones (excluding diaryl/α,β-unsaturated/α-hetero) is 1. The molecule has 1 saturated carbocycles. The molecule has 1 fully saturated rings. The standard InChI is InChI=1S/C19H23ClO5/c1-6-7-11-10(2)15(9-14(11)21)25-18(23)16-12(19(16,3)4)8-13(20)17(22)24-5/h6,8,12,15-16H,1,7,9H2,2-5H3/b13-8-/t12-,15?,16-/m0/s1. The minimum absolute atomic E-state index is 0.00422. The summed E-state index contributed by atoms with van der Waals surface area (Å²) in [7, 11) is 1.25.